The van der Waals surface area contributed by atoms with E-state index in [1.165, 1.54) is 5.56 Å². The van der Waals surface area contributed by atoms with Crippen molar-refractivity contribution in [3.63, 3.8) is 0 Å². The molecule has 0 amide bonds. The Morgan fingerprint density at radius 3 is 2.90 bits per heavy atom. The standard InChI is InChI=1S/C15H19N3O2/c1-16-13(11-5-3-2-4-6-11)9-14-17-15(18-20-14)12-7-8-19-10-12/h2-6,12-13,16H,7-10H2,1H3. The van der Waals surface area contributed by atoms with Crippen LogP contribution in [0.25, 0.3) is 0 Å². The fraction of sp³-hybridized carbons (Fsp3) is 0.467. The van der Waals surface area contributed by atoms with Gasteiger partial charge in [0.15, 0.2) is 5.82 Å². The molecule has 5 nitrogen and oxygen atoms in total. The smallest absolute Gasteiger partial charge is 0.228 e. The fourth-order valence-corrected chi connectivity index (χ4v) is 2.50. The maximum Gasteiger partial charge on any atom is 0.228 e. The van der Waals surface area contributed by atoms with Crippen LogP contribution in [0.15, 0.2) is 34.9 Å². The second-order valence-corrected chi connectivity index (χ2v) is 5.06. The molecule has 1 aliphatic heterocycles. The quantitative estimate of drug-likeness (QED) is 0.903. The van der Waals surface area contributed by atoms with Gasteiger partial charge in [-0.1, -0.05) is 35.5 Å². The van der Waals surface area contributed by atoms with Crippen molar-refractivity contribution in [2.75, 3.05) is 20.3 Å². The molecule has 1 aromatic carbocycles. The van der Waals surface area contributed by atoms with Gasteiger partial charge in [0.05, 0.1) is 6.61 Å². The average Bonchev–Trinajstić information content (AvgIpc) is 3.16. The molecule has 0 spiro atoms. The molecule has 1 saturated heterocycles. The van der Waals surface area contributed by atoms with Gasteiger partial charge in [0.1, 0.15) is 0 Å². The number of hydrogen-bond acceptors (Lipinski definition) is 5. The Morgan fingerprint density at radius 2 is 2.20 bits per heavy atom. The highest BCUT2D eigenvalue weighted by molar-refractivity contribution is 5.19. The molecule has 2 heterocycles. The van der Waals surface area contributed by atoms with Crippen LogP contribution < -0.4 is 5.32 Å². The second kappa shape index (κ2) is 6.15. The van der Waals surface area contributed by atoms with Crippen LogP contribution in [0, 0.1) is 0 Å². The summed E-state index contributed by atoms with van der Waals surface area (Å²) in [6.07, 6.45) is 1.67. The lowest BCUT2D eigenvalue weighted by Crippen LogP contribution is -2.18. The highest BCUT2D eigenvalue weighted by atomic mass is 16.5. The van der Waals surface area contributed by atoms with Gasteiger partial charge in [-0.2, -0.15) is 4.98 Å². The molecule has 20 heavy (non-hydrogen) atoms. The van der Waals surface area contributed by atoms with Crippen LogP contribution in [-0.4, -0.2) is 30.4 Å². The zero-order valence-electron chi connectivity index (χ0n) is 11.6. The third-order valence-electron chi connectivity index (χ3n) is 3.71. The van der Waals surface area contributed by atoms with E-state index in [4.69, 9.17) is 9.26 Å². The highest BCUT2D eigenvalue weighted by Gasteiger charge is 2.24. The average molecular weight is 273 g/mol. The summed E-state index contributed by atoms with van der Waals surface area (Å²) in [7, 11) is 1.94. The molecule has 1 N–H and O–H groups in total. The number of rotatable bonds is 5. The maximum atomic E-state index is 5.37. The number of likely N-dealkylation sites (N-methyl/N-ethyl adjacent to an activating group) is 1. The number of ether oxygens (including phenoxy) is 1. The molecule has 0 bridgehead atoms. The van der Waals surface area contributed by atoms with E-state index in [9.17, 15) is 0 Å². The SMILES string of the molecule is CNC(Cc1nc(C2CCOC2)no1)c1ccccc1. The second-order valence-electron chi connectivity index (χ2n) is 5.06. The van der Waals surface area contributed by atoms with Gasteiger partial charge in [-0.3, -0.25) is 0 Å². The van der Waals surface area contributed by atoms with E-state index in [0.717, 1.165) is 18.9 Å². The Morgan fingerprint density at radius 1 is 1.35 bits per heavy atom. The van der Waals surface area contributed by atoms with Crippen molar-refractivity contribution in [2.24, 2.45) is 0 Å². The van der Waals surface area contributed by atoms with Crippen molar-refractivity contribution in [2.45, 2.75) is 24.8 Å². The molecule has 1 aliphatic rings. The minimum atomic E-state index is 0.185. The molecule has 1 aromatic heterocycles. The first-order valence-electron chi connectivity index (χ1n) is 6.99. The molecule has 0 radical (unpaired) electrons. The van der Waals surface area contributed by atoms with Gasteiger partial charge in [-0.05, 0) is 19.0 Å². The molecule has 5 heteroatoms. The first kappa shape index (κ1) is 13.3. The lowest BCUT2D eigenvalue weighted by molar-refractivity contribution is 0.192. The van der Waals surface area contributed by atoms with Crippen LogP contribution in [0.5, 0.6) is 0 Å². The lowest BCUT2D eigenvalue weighted by Gasteiger charge is -2.13. The van der Waals surface area contributed by atoms with Crippen LogP contribution in [0.3, 0.4) is 0 Å². The maximum absolute atomic E-state index is 5.37. The Kier molecular flexibility index (Phi) is 4.08. The molecular formula is C15H19N3O2. The lowest BCUT2D eigenvalue weighted by atomic mass is 10.0. The predicted octanol–water partition coefficient (Wildman–Crippen LogP) is 2.08. The molecular weight excluding hydrogens is 254 g/mol. The summed E-state index contributed by atoms with van der Waals surface area (Å²) in [5, 5.41) is 7.38. The van der Waals surface area contributed by atoms with Gasteiger partial charge in [-0.25, -0.2) is 0 Å². The number of nitrogens with zero attached hydrogens (tertiary/aromatic N) is 2. The van der Waals surface area contributed by atoms with E-state index in [0.29, 0.717) is 18.9 Å². The van der Waals surface area contributed by atoms with Gasteiger partial charge in [0.25, 0.3) is 0 Å². The van der Waals surface area contributed by atoms with E-state index in [2.05, 4.69) is 27.6 Å². The van der Waals surface area contributed by atoms with Crippen molar-refractivity contribution in [1.29, 1.82) is 0 Å². The van der Waals surface area contributed by atoms with E-state index in [1.54, 1.807) is 0 Å². The van der Waals surface area contributed by atoms with Crippen molar-refractivity contribution in [1.82, 2.24) is 15.5 Å². The molecule has 3 rings (SSSR count). The number of hydrogen-bond donors (Lipinski definition) is 1. The van der Waals surface area contributed by atoms with Crippen LogP contribution in [-0.2, 0) is 11.2 Å². The zero-order chi connectivity index (χ0) is 13.8. The summed E-state index contributed by atoms with van der Waals surface area (Å²) in [5.41, 5.74) is 1.22. The number of benzene rings is 1. The molecule has 2 aromatic rings. The number of nitrogens with one attached hydrogen (secondary N) is 1. The molecule has 2 atom stereocenters. The fourth-order valence-electron chi connectivity index (χ4n) is 2.50. The predicted molar refractivity (Wildman–Crippen MR) is 74.4 cm³/mol. The Hall–Kier alpha value is -1.72. The monoisotopic (exact) mass is 273 g/mol. The summed E-state index contributed by atoms with van der Waals surface area (Å²) >= 11 is 0. The van der Waals surface area contributed by atoms with Gasteiger partial charge < -0.3 is 14.6 Å². The van der Waals surface area contributed by atoms with Crippen molar-refractivity contribution in [3.05, 3.63) is 47.6 Å². The van der Waals surface area contributed by atoms with Crippen molar-refractivity contribution in [3.8, 4) is 0 Å². The largest absolute Gasteiger partial charge is 0.381 e. The summed E-state index contributed by atoms with van der Waals surface area (Å²) < 4.78 is 10.7. The first-order chi connectivity index (χ1) is 9.86. The highest BCUT2D eigenvalue weighted by Crippen LogP contribution is 2.24. The minimum absolute atomic E-state index is 0.185. The minimum Gasteiger partial charge on any atom is -0.381 e. The third kappa shape index (κ3) is 2.89. The molecule has 2 unspecified atom stereocenters. The molecule has 1 fully saturated rings. The van der Waals surface area contributed by atoms with Gasteiger partial charge in [0.2, 0.25) is 5.89 Å². The van der Waals surface area contributed by atoms with Gasteiger partial charge >= 0.3 is 0 Å². The molecule has 0 aliphatic carbocycles. The van der Waals surface area contributed by atoms with Gasteiger partial charge in [0, 0.05) is 25.0 Å². The van der Waals surface area contributed by atoms with Crippen LogP contribution in [0.2, 0.25) is 0 Å². The molecule has 106 valence electrons. The summed E-state index contributed by atoms with van der Waals surface area (Å²) in [6.45, 7) is 1.49. The van der Waals surface area contributed by atoms with E-state index in [1.807, 2.05) is 25.2 Å². The van der Waals surface area contributed by atoms with Gasteiger partial charge in [-0.15, -0.1) is 0 Å². The Labute approximate surface area is 118 Å². The first-order valence-corrected chi connectivity index (χ1v) is 6.99. The van der Waals surface area contributed by atoms with Crippen LogP contribution >= 0.6 is 0 Å². The summed E-state index contributed by atoms with van der Waals surface area (Å²) in [4.78, 5) is 4.51. The van der Waals surface area contributed by atoms with E-state index in [-0.39, 0.29) is 12.0 Å². The van der Waals surface area contributed by atoms with E-state index >= 15 is 0 Å². The van der Waals surface area contributed by atoms with E-state index < -0.39 is 0 Å². The Bertz CT molecular complexity index is 535. The van der Waals surface area contributed by atoms with Crippen molar-refractivity contribution >= 4 is 0 Å². The summed E-state index contributed by atoms with van der Waals surface area (Å²) in [5.74, 6) is 1.74. The molecule has 0 saturated carbocycles. The Balaban J connectivity index is 1.70. The van der Waals surface area contributed by atoms with Crippen LogP contribution in [0.4, 0.5) is 0 Å². The zero-order valence-corrected chi connectivity index (χ0v) is 11.6. The third-order valence-corrected chi connectivity index (χ3v) is 3.71. The van der Waals surface area contributed by atoms with Crippen LogP contribution in [0.1, 0.15) is 35.7 Å². The van der Waals surface area contributed by atoms with Crippen molar-refractivity contribution < 1.29 is 9.26 Å². The normalized spacial score (nSPS) is 20.1. The number of aromatic nitrogens is 2. The summed E-state index contributed by atoms with van der Waals surface area (Å²) in [6, 6.07) is 10.5. The topological polar surface area (TPSA) is 60.2 Å².